The molecule has 2 aliphatic rings. The van der Waals surface area contributed by atoms with E-state index < -0.39 is 10.0 Å². The molecule has 0 radical (unpaired) electrons. The lowest BCUT2D eigenvalue weighted by molar-refractivity contribution is 0.0512. The van der Waals surface area contributed by atoms with Gasteiger partial charge in [0.1, 0.15) is 10.6 Å². The van der Waals surface area contributed by atoms with Crippen LogP contribution in [-0.4, -0.2) is 85.9 Å². The summed E-state index contributed by atoms with van der Waals surface area (Å²) in [5.41, 5.74) is 0.899. The second-order valence-electron chi connectivity index (χ2n) is 7.89. The van der Waals surface area contributed by atoms with Crippen molar-refractivity contribution >= 4 is 21.8 Å². The van der Waals surface area contributed by atoms with Crippen LogP contribution >= 0.6 is 0 Å². The Morgan fingerprint density at radius 3 is 2.16 bits per heavy atom. The van der Waals surface area contributed by atoms with Crippen LogP contribution in [0.5, 0.6) is 5.75 Å². The fourth-order valence-electron chi connectivity index (χ4n) is 3.99. The Kier molecular flexibility index (Phi) is 6.20. The maximum Gasteiger partial charge on any atom is 0.292 e. The summed E-state index contributed by atoms with van der Waals surface area (Å²) in [5, 5.41) is 3.74. The van der Waals surface area contributed by atoms with Crippen molar-refractivity contribution in [2.24, 2.45) is 0 Å². The summed E-state index contributed by atoms with van der Waals surface area (Å²) in [6, 6.07) is 6.06. The van der Waals surface area contributed by atoms with Gasteiger partial charge in [0.25, 0.3) is 11.8 Å². The Morgan fingerprint density at radius 1 is 0.969 bits per heavy atom. The molecule has 2 fully saturated rings. The van der Waals surface area contributed by atoms with Crippen molar-refractivity contribution in [2.45, 2.75) is 24.7 Å². The number of ether oxygens (including phenoxy) is 1. The van der Waals surface area contributed by atoms with Gasteiger partial charge in [-0.15, -0.1) is 0 Å². The number of hydrogen-bond donors (Lipinski definition) is 0. The number of nitrogens with zero attached hydrogens (tertiary/aromatic N) is 4. The van der Waals surface area contributed by atoms with E-state index >= 15 is 0 Å². The van der Waals surface area contributed by atoms with Crippen LogP contribution in [0, 0.1) is 6.92 Å². The highest BCUT2D eigenvalue weighted by Crippen LogP contribution is 2.30. The summed E-state index contributed by atoms with van der Waals surface area (Å²) >= 11 is 0. The molecular formula is C21H26N4O6S. The van der Waals surface area contributed by atoms with Crippen LogP contribution in [0.25, 0.3) is 0 Å². The monoisotopic (exact) mass is 462 g/mol. The predicted octanol–water partition coefficient (Wildman–Crippen LogP) is 1.37. The summed E-state index contributed by atoms with van der Waals surface area (Å²) in [5.74, 6) is -0.158. The van der Waals surface area contributed by atoms with Crippen LogP contribution in [0.4, 0.5) is 0 Å². The van der Waals surface area contributed by atoms with Gasteiger partial charge in [-0.05, 0) is 38.0 Å². The minimum atomic E-state index is -3.75. The molecule has 1 aromatic heterocycles. The van der Waals surface area contributed by atoms with Gasteiger partial charge in [-0.2, -0.15) is 4.31 Å². The predicted molar refractivity (Wildman–Crippen MR) is 114 cm³/mol. The number of carbonyl (C=O) groups excluding carboxylic acids is 2. The number of piperazine rings is 1. The van der Waals surface area contributed by atoms with E-state index in [1.807, 2.05) is 0 Å². The Bertz CT molecular complexity index is 1120. The largest absolute Gasteiger partial charge is 0.495 e. The minimum absolute atomic E-state index is 0.00209. The van der Waals surface area contributed by atoms with Crippen molar-refractivity contribution in [2.75, 3.05) is 46.4 Å². The third-order valence-electron chi connectivity index (χ3n) is 5.79. The molecule has 1 aromatic carbocycles. The van der Waals surface area contributed by atoms with E-state index in [-0.39, 0.29) is 33.8 Å². The van der Waals surface area contributed by atoms with Crippen LogP contribution in [0.1, 0.15) is 39.4 Å². The van der Waals surface area contributed by atoms with Crippen LogP contribution in [0.3, 0.4) is 0 Å². The molecule has 2 aromatic rings. The maximum atomic E-state index is 13.1. The lowest BCUT2D eigenvalue weighted by atomic mass is 10.1. The van der Waals surface area contributed by atoms with Crippen LogP contribution < -0.4 is 4.74 Å². The first-order valence-electron chi connectivity index (χ1n) is 10.5. The molecule has 0 saturated carbocycles. The molecule has 0 unspecified atom stereocenters. The van der Waals surface area contributed by atoms with Gasteiger partial charge in [-0.3, -0.25) is 9.59 Å². The van der Waals surface area contributed by atoms with E-state index in [1.54, 1.807) is 28.9 Å². The first-order chi connectivity index (χ1) is 15.3. The second-order valence-corrected chi connectivity index (χ2v) is 9.80. The molecule has 4 rings (SSSR count). The molecule has 0 N–H and O–H groups in total. The molecule has 0 spiro atoms. The third kappa shape index (κ3) is 4.22. The van der Waals surface area contributed by atoms with Gasteiger partial charge in [-0.1, -0.05) is 5.16 Å². The normalized spacial score (nSPS) is 17.6. The van der Waals surface area contributed by atoms with Crippen molar-refractivity contribution in [1.29, 1.82) is 0 Å². The average Bonchev–Trinajstić information content (AvgIpc) is 3.50. The Balaban J connectivity index is 1.48. The van der Waals surface area contributed by atoms with E-state index in [9.17, 15) is 18.0 Å². The number of hydrogen-bond acceptors (Lipinski definition) is 7. The van der Waals surface area contributed by atoms with Gasteiger partial charge in [0, 0.05) is 50.9 Å². The molecule has 11 heteroatoms. The molecule has 3 heterocycles. The van der Waals surface area contributed by atoms with Crippen molar-refractivity contribution in [3.8, 4) is 5.75 Å². The molecule has 2 saturated heterocycles. The zero-order valence-corrected chi connectivity index (χ0v) is 18.9. The fourth-order valence-corrected chi connectivity index (χ4v) is 5.69. The van der Waals surface area contributed by atoms with Crippen LogP contribution in [0.2, 0.25) is 0 Å². The van der Waals surface area contributed by atoms with Crippen molar-refractivity contribution in [3.05, 3.63) is 41.3 Å². The van der Waals surface area contributed by atoms with Crippen molar-refractivity contribution < 1.29 is 27.3 Å². The van der Waals surface area contributed by atoms with Gasteiger partial charge in [0.2, 0.25) is 15.8 Å². The Labute approximate surface area is 186 Å². The van der Waals surface area contributed by atoms with Gasteiger partial charge >= 0.3 is 0 Å². The van der Waals surface area contributed by atoms with Crippen molar-refractivity contribution in [3.63, 3.8) is 0 Å². The summed E-state index contributed by atoms with van der Waals surface area (Å²) in [7, 11) is -2.34. The number of rotatable bonds is 5. The topological polar surface area (TPSA) is 113 Å². The number of methoxy groups -OCH3 is 1. The molecule has 0 atom stereocenters. The Hall–Kier alpha value is -2.92. The SMILES string of the molecule is COc1ccc(C(=O)N2CCN(C(=O)c3cc(C)no3)CC2)cc1S(=O)(=O)N1CCCC1. The molecule has 2 aliphatic heterocycles. The average molecular weight is 463 g/mol. The summed E-state index contributed by atoms with van der Waals surface area (Å²) in [6.45, 7) is 4.02. The fraction of sp³-hybridized carbons (Fsp3) is 0.476. The van der Waals surface area contributed by atoms with E-state index in [0.29, 0.717) is 45.0 Å². The quantitative estimate of drug-likeness (QED) is 0.659. The van der Waals surface area contributed by atoms with Gasteiger partial charge in [-0.25, -0.2) is 8.42 Å². The second kappa shape index (κ2) is 8.91. The molecule has 0 aliphatic carbocycles. The van der Waals surface area contributed by atoms with Gasteiger partial charge < -0.3 is 19.1 Å². The first kappa shape index (κ1) is 22.3. The number of aryl methyl sites for hydroxylation is 1. The van der Waals surface area contributed by atoms with Gasteiger partial charge in [0.05, 0.1) is 12.8 Å². The summed E-state index contributed by atoms with van der Waals surface area (Å²) in [6.07, 6.45) is 1.63. The third-order valence-corrected chi connectivity index (χ3v) is 7.71. The van der Waals surface area contributed by atoms with Crippen LogP contribution in [-0.2, 0) is 10.0 Å². The standard InChI is InChI=1S/C21H26N4O6S/c1-15-13-18(31-22-15)21(27)24-11-9-23(10-12-24)20(26)16-5-6-17(30-2)19(14-16)32(28,29)25-7-3-4-8-25/h5-6,13-14H,3-4,7-12H2,1-2H3. The maximum absolute atomic E-state index is 13.1. The number of aromatic nitrogens is 1. The van der Waals surface area contributed by atoms with E-state index in [2.05, 4.69) is 5.16 Å². The van der Waals surface area contributed by atoms with Crippen molar-refractivity contribution in [1.82, 2.24) is 19.3 Å². The smallest absolute Gasteiger partial charge is 0.292 e. The number of benzene rings is 1. The summed E-state index contributed by atoms with van der Waals surface area (Å²) < 4.78 is 37.9. The lowest BCUT2D eigenvalue weighted by Gasteiger charge is -2.34. The highest BCUT2D eigenvalue weighted by Gasteiger charge is 2.32. The molecular weight excluding hydrogens is 436 g/mol. The van der Waals surface area contributed by atoms with E-state index in [4.69, 9.17) is 9.26 Å². The molecule has 0 bridgehead atoms. The number of carbonyl (C=O) groups is 2. The highest BCUT2D eigenvalue weighted by molar-refractivity contribution is 7.89. The number of sulfonamides is 1. The number of amides is 2. The van der Waals surface area contributed by atoms with Gasteiger partial charge in [0.15, 0.2) is 0 Å². The first-order valence-corrected chi connectivity index (χ1v) is 12.0. The zero-order valence-electron chi connectivity index (χ0n) is 18.1. The molecule has 32 heavy (non-hydrogen) atoms. The summed E-state index contributed by atoms with van der Waals surface area (Å²) in [4.78, 5) is 28.8. The molecule has 2 amide bonds. The highest BCUT2D eigenvalue weighted by atomic mass is 32.2. The zero-order chi connectivity index (χ0) is 22.9. The Morgan fingerprint density at radius 2 is 1.59 bits per heavy atom. The van der Waals surface area contributed by atoms with Crippen LogP contribution in [0.15, 0.2) is 33.7 Å². The van der Waals surface area contributed by atoms with E-state index in [1.165, 1.54) is 23.5 Å². The lowest BCUT2D eigenvalue weighted by Crippen LogP contribution is -2.50. The molecule has 172 valence electrons. The van der Waals surface area contributed by atoms with E-state index in [0.717, 1.165) is 12.8 Å². The molecule has 10 nitrogen and oxygen atoms in total. The minimum Gasteiger partial charge on any atom is -0.495 e.